The number of hydrogen-bond donors (Lipinski definition) is 1. The molecule has 0 saturated heterocycles. The van der Waals surface area contributed by atoms with Crippen molar-refractivity contribution in [3.8, 4) is 23.1 Å². The van der Waals surface area contributed by atoms with Crippen molar-refractivity contribution in [2.24, 2.45) is 5.10 Å². The van der Waals surface area contributed by atoms with E-state index in [-0.39, 0.29) is 6.61 Å². The predicted octanol–water partition coefficient (Wildman–Crippen LogP) is 2.19. The number of ether oxygens (including phenoxy) is 4. The first kappa shape index (κ1) is 23.7. The standard InChI is InChI=1S/C21H29N5O5/c1-7-26(8-2)21-23-14(3)9-19(24-21)31-13-18(27)25-22-12-15-10-16(28-4)20(30-6)17(11-15)29-5/h9-12H,7-8,13H2,1-6H3,(H,25,27). The third kappa shape index (κ3) is 6.46. The zero-order chi connectivity index (χ0) is 22.8. The van der Waals surface area contributed by atoms with Crippen molar-refractivity contribution in [1.82, 2.24) is 15.4 Å². The van der Waals surface area contributed by atoms with Gasteiger partial charge < -0.3 is 23.8 Å². The van der Waals surface area contributed by atoms with Crippen LogP contribution in [0.4, 0.5) is 5.95 Å². The van der Waals surface area contributed by atoms with Crippen molar-refractivity contribution < 1.29 is 23.7 Å². The summed E-state index contributed by atoms with van der Waals surface area (Å²) in [6.07, 6.45) is 1.47. The van der Waals surface area contributed by atoms with E-state index in [9.17, 15) is 4.79 Å². The largest absolute Gasteiger partial charge is 0.493 e. The number of benzene rings is 1. The second-order valence-electron chi connectivity index (χ2n) is 6.36. The third-order valence-corrected chi connectivity index (χ3v) is 4.31. The zero-order valence-electron chi connectivity index (χ0n) is 18.8. The normalized spacial score (nSPS) is 10.6. The van der Waals surface area contributed by atoms with Gasteiger partial charge in [0.2, 0.25) is 17.6 Å². The number of nitrogens with zero attached hydrogens (tertiary/aromatic N) is 4. The summed E-state index contributed by atoms with van der Waals surface area (Å²) in [5.74, 6) is 1.93. The number of nitrogens with one attached hydrogen (secondary N) is 1. The number of hydrazone groups is 1. The molecule has 0 bridgehead atoms. The highest BCUT2D eigenvalue weighted by Crippen LogP contribution is 2.37. The minimum Gasteiger partial charge on any atom is -0.493 e. The first-order valence-electron chi connectivity index (χ1n) is 9.80. The van der Waals surface area contributed by atoms with Crippen molar-refractivity contribution in [3.05, 3.63) is 29.5 Å². The molecule has 0 fully saturated rings. The van der Waals surface area contributed by atoms with E-state index in [1.54, 1.807) is 18.2 Å². The van der Waals surface area contributed by atoms with Gasteiger partial charge in [-0.05, 0) is 32.9 Å². The Morgan fingerprint density at radius 2 is 1.71 bits per heavy atom. The van der Waals surface area contributed by atoms with Crippen LogP contribution in [0.15, 0.2) is 23.3 Å². The molecule has 0 aliphatic rings. The molecule has 0 aliphatic heterocycles. The number of carbonyl (C=O) groups excluding carboxylic acids is 1. The quantitative estimate of drug-likeness (QED) is 0.426. The third-order valence-electron chi connectivity index (χ3n) is 4.31. The van der Waals surface area contributed by atoms with Crippen LogP contribution < -0.4 is 29.3 Å². The lowest BCUT2D eigenvalue weighted by molar-refractivity contribution is -0.123. The van der Waals surface area contributed by atoms with Crippen LogP contribution in [-0.4, -0.2) is 63.1 Å². The van der Waals surface area contributed by atoms with Crippen molar-refractivity contribution in [2.75, 3.05) is 45.9 Å². The average Bonchev–Trinajstić information content (AvgIpc) is 2.77. The molecule has 0 spiro atoms. The number of anilines is 1. The lowest BCUT2D eigenvalue weighted by atomic mass is 10.2. The molecule has 1 amide bonds. The first-order chi connectivity index (χ1) is 14.9. The van der Waals surface area contributed by atoms with E-state index >= 15 is 0 Å². The molecule has 1 aromatic carbocycles. The van der Waals surface area contributed by atoms with E-state index in [0.29, 0.717) is 34.6 Å². The molecule has 0 saturated carbocycles. The molecule has 0 unspecified atom stereocenters. The van der Waals surface area contributed by atoms with Gasteiger partial charge in [0.1, 0.15) is 0 Å². The summed E-state index contributed by atoms with van der Waals surface area (Å²) in [7, 11) is 4.58. The van der Waals surface area contributed by atoms with E-state index < -0.39 is 5.91 Å². The second kappa shape index (κ2) is 11.6. The molecule has 1 heterocycles. The van der Waals surface area contributed by atoms with Crippen LogP contribution in [0.1, 0.15) is 25.1 Å². The molecule has 10 heteroatoms. The fourth-order valence-electron chi connectivity index (χ4n) is 2.77. The molecule has 0 aliphatic carbocycles. The summed E-state index contributed by atoms with van der Waals surface area (Å²) >= 11 is 0. The Morgan fingerprint density at radius 1 is 1.06 bits per heavy atom. The molecular weight excluding hydrogens is 402 g/mol. The number of methoxy groups -OCH3 is 3. The number of rotatable bonds is 11. The van der Waals surface area contributed by atoms with Crippen molar-refractivity contribution in [2.45, 2.75) is 20.8 Å². The topological polar surface area (TPSA) is 107 Å². The fourth-order valence-corrected chi connectivity index (χ4v) is 2.77. The van der Waals surface area contributed by atoms with Gasteiger partial charge in [-0.1, -0.05) is 0 Å². The summed E-state index contributed by atoms with van der Waals surface area (Å²) in [5.41, 5.74) is 3.83. The maximum Gasteiger partial charge on any atom is 0.278 e. The van der Waals surface area contributed by atoms with Crippen molar-refractivity contribution in [3.63, 3.8) is 0 Å². The van der Waals surface area contributed by atoms with Crippen LogP contribution in [0.3, 0.4) is 0 Å². The van der Waals surface area contributed by atoms with Crippen LogP contribution in [0, 0.1) is 6.92 Å². The highest BCUT2D eigenvalue weighted by atomic mass is 16.5. The number of aromatic nitrogens is 2. The number of aryl methyl sites for hydroxylation is 1. The van der Waals surface area contributed by atoms with Gasteiger partial charge in [-0.25, -0.2) is 10.4 Å². The Morgan fingerprint density at radius 3 is 2.26 bits per heavy atom. The second-order valence-corrected chi connectivity index (χ2v) is 6.36. The molecule has 1 N–H and O–H groups in total. The Balaban J connectivity index is 1.99. The van der Waals surface area contributed by atoms with Gasteiger partial charge in [-0.3, -0.25) is 4.79 Å². The van der Waals surface area contributed by atoms with Gasteiger partial charge in [-0.2, -0.15) is 10.1 Å². The smallest absolute Gasteiger partial charge is 0.278 e. The van der Waals surface area contributed by atoms with Gasteiger partial charge in [0.05, 0.1) is 27.5 Å². The van der Waals surface area contributed by atoms with Crippen molar-refractivity contribution >= 4 is 18.1 Å². The molecule has 2 rings (SSSR count). The van der Waals surface area contributed by atoms with Gasteiger partial charge >= 0.3 is 0 Å². The highest BCUT2D eigenvalue weighted by molar-refractivity contribution is 5.84. The molecular formula is C21H29N5O5. The fraction of sp³-hybridized carbons (Fsp3) is 0.429. The predicted molar refractivity (Wildman–Crippen MR) is 118 cm³/mol. The lowest BCUT2D eigenvalue weighted by Crippen LogP contribution is -2.26. The molecule has 10 nitrogen and oxygen atoms in total. The van der Waals surface area contributed by atoms with Crippen LogP contribution in [0.25, 0.3) is 0 Å². The summed E-state index contributed by atoms with van der Waals surface area (Å²) in [4.78, 5) is 22.9. The SMILES string of the molecule is CCN(CC)c1nc(C)cc(OCC(=O)NN=Cc2cc(OC)c(OC)c(OC)c2)n1. The molecule has 2 aromatic rings. The van der Waals surface area contributed by atoms with Gasteiger partial charge in [0, 0.05) is 30.4 Å². The summed E-state index contributed by atoms with van der Waals surface area (Å²) in [6, 6.07) is 5.11. The Bertz CT molecular complexity index is 890. The highest BCUT2D eigenvalue weighted by Gasteiger charge is 2.13. The monoisotopic (exact) mass is 431 g/mol. The van der Waals surface area contributed by atoms with E-state index in [4.69, 9.17) is 18.9 Å². The molecule has 31 heavy (non-hydrogen) atoms. The Labute approximate surface area is 182 Å². The van der Waals surface area contributed by atoms with Crippen LogP contribution >= 0.6 is 0 Å². The number of hydrogen-bond acceptors (Lipinski definition) is 9. The van der Waals surface area contributed by atoms with E-state index in [1.165, 1.54) is 27.5 Å². The summed E-state index contributed by atoms with van der Waals surface area (Å²) in [5, 5.41) is 3.95. The van der Waals surface area contributed by atoms with Crippen LogP contribution in [0.2, 0.25) is 0 Å². The van der Waals surface area contributed by atoms with E-state index in [0.717, 1.165) is 18.8 Å². The minimum atomic E-state index is -0.427. The Kier molecular flexibility index (Phi) is 8.86. The van der Waals surface area contributed by atoms with Gasteiger partial charge in [0.25, 0.3) is 5.91 Å². The van der Waals surface area contributed by atoms with E-state index in [1.807, 2.05) is 25.7 Å². The number of amides is 1. The minimum absolute atomic E-state index is 0.235. The van der Waals surface area contributed by atoms with E-state index in [2.05, 4.69) is 20.5 Å². The lowest BCUT2D eigenvalue weighted by Gasteiger charge is -2.19. The number of carbonyl (C=O) groups is 1. The van der Waals surface area contributed by atoms with Gasteiger partial charge in [0.15, 0.2) is 18.1 Å². The molecule has 0 radical (unpaired) electrons. The van der Waals surface area contributed by atoms with Crippen molar-refractivity contribution in [1.29, 1.82) is 0 Å². The summed E-state index contributed by atoms with van der Waals surface area (Å²) in [6.45, 7) is 7.21. The van der Waals surface area contributed by atoms with Gasteiger partial charge in [-0.15, -0.1) is 0 Å². The first-order valence-corrected chi connectivity index (χ1v) is 9.80. The average molecular weight is 431 g/mol. The maximum atomic E-state index is 12.1. The maximum absolute atomic E-state index is 12.1. The Hall–Kier alpha value is -3.56. The van der Waals surface area contributed by atoms with Crippen LogP contribution in [0.5, 0.6) is 23.1 Å². The van der Waals surface area contributed by atoms with Crippen LogP contribution in [-0.2, 0) is 4.79 Å². The molecule has 1 aromatic heterocycles. The summed E-state index contributed by atoms with van der Waals surface area (Å²) < 4.78 is 21.4. The molecule has 168 valence electrons. The zero-order valence-corrected chi connectivity index (χ0v) is 18.8. The molecule has 0 atom stereocenters.